The molecule has 0 fully saturated rings. The standard InChI is InChI=1S/C20H30N4O2/c1-4-6-14-23(3)20(26)15-24-17-11-8-7-10-16(17)22-18(24)12-13-21-19(25)9-5-2/h7-8,10-11H,4-6,9,12-15H2,1-3H3,(H,21,25). The van der Waals surface area contributed by atoms with Crippen LogP contribution in [0.25, 0.3) is 11.0 Å². The largest absolute Gasteiger partial charge is 0.356 e. The smallest absolute Gasteiger partial charge is 0.242 e. The van der Waals surface area contributed by atoms with Gasteiger partial charge in [0.15, 0.2) is 0 Å². The number of carbonyl (C=O) groups is 2. The van der Waals surface area contributed by atoms with Crippen molar-refractivity contribution in [1.29, 1.82) is 0 Å². The molecule has 0 unspecified atom stereocenters. The number of carbonyl (C=O) groups excluding carboxylic acids is 2. The van der Waals surface area contributed by atoms with Crippen LogP contribution >= 0.6 is 0 Å². The molecule has 2 rings (SSSR count). The van der Waals surface area contributed by atoms with Crippen molar-refractivity contribution in [3.05, 3.63) is 30.1 Å². The zero-order valence-corrected chi connectivity index (χ0v) is 16.1. The van der Waals surface area contributed by atoms with Gasteiger partial charge in [-0.3, -0.25) is 9.59 Å². The maximum absolute atomic E-state index is 12.6. The van der Waals surface area contributed by atoms with Crippen molar-refractivity contribution in [1.82, 2.24) is 19.8 Å². The molecule has 26 heavy (non-hydrogen) atoms. The number of nitrogens with zero attached hydrogens (tertiary/aromatic N) is 3. The number of fused-ring (bicyclic) bond motifs is 1. The number of amides is 2. The quantitative estimate of drug-likeness (QED) is 0.710. The van der Waals surface area contributed by atoms with Crippen LogP contribution < -0.4 is 5.32 Å². The highest BCUT2D eigenvalue weighted by Crippen LogP contribution is 2.16. The summed E-state index contributed by atoms with van der Waals surface area (Å²) in [6.45, 7) is 5.68. The Balaban J connectivity index is 2.12. The molecule has 0 saturated carbocycles. The van der Waals surface area contributed by atoms with Crippen LogP contribution in [0.1, 0.15) is 45.4 Å². The maximum atomic E-state index is 12.6. The van der Waals surface area contributed by atoms with Crippen molar-refractivity contribution in [2.45, 2.75) is 52.5 Å². The molecule has 142 valence electrons. The van der Waals surface area contributed by atoms with Crippen molar-refractivity contribution in [2.24, 2.45) is 0 Å². The minimum Gasteiger partial charge on any atom is -0.356 e. The minimum atomic E-state index is 0.0607. The Labute approximate surface area is 155 Å². The highest BCUT2D eigenvalue weighted by atomic mass is 16.2. The van der Waals surface area contributed by atoms with Crippen molar-refractivity contribution >= 4 is 22.8 Å². The first-order valence-corrected chi connectivity index (χ1v) is 9.51. The average Bonchev–Trinajstić information content (AvgIpc) is 2.97. The molecule has 2 amide bonds. The van der Waals surface area contributed by atoms with E-state index in [0.717, 1.165) is 42.7 Å². The number of hydrogen-bond acceptors (Lipinski definition) is 3. The van der Waals surface area contributed by atoms with Gasteiger partial charge in [0.05, 0.1) is 11.0 Å². The van der Waals surface area contributed by atoms with E-state index in [1.807, 2.05) is 42.8 Å². The Bertz CT molecular complexity index is 738. The molecule has 0 radical (unpaired) electrons. The number of unbranched alkanes of at least 4 members (excludes halogenated alkanes) is 1. The summed E-state index contributed by atoms with van der Waals surface area (Å²) in [4.78, 5) is 30.7. The molecule has 0 aliphatic carbocycles. The number of imidazole rings is 1. The van der Waals surface area contributed by atoms with E-state index in [1.54, 1.807) is 4.90 Å². The SMILES string of the molecule is CCCCN(C)C(=O)Cn1c(CCNC(=O)CCC)nc2ccccc21. The van der Waals surface area contributed by atoms with Gasteiger partial charge in [-0.25, -0.2) is 4.98 Å². The van der Waals surface area contributed by atoms with E-state index in [4.69, 9.17) is 0 Å². The van der Waals surface area contributed by atoms with E-state index in [0.29, 0.717) is 19.4 Å². The minimum absolute atomic E-state index is 0.0607. The van der Waals surface area contributed by atoms with Crippen LogP contribution in [0.15, 0.2) is 24.3 Å². The molecule has 6 heteroatoms. The fraction of sp³-hybridized carbons (Fsp3) is 0.550. The molecule has 6 nitrogen and oxygen atoms in total. The molecule has 0 aliphatic heterocycles. The number of para-hydroxylation sites is 2. The van der Waals surface area contributed by atoms with Gasteiger partial charge >= 0.3 is 0 Å². The Morgan fingerprint density at radius 1 is 1.19 bits per heavy atom. The summed E-state index contributed by atoms with van der Waals surface area (Å²) >= 11 is 0. The molecule has 1 heterocycles. The molecule has 1 N–H and O–H groups in total. The van der Waals surface area contributed by atoms with Gasteiger partial charge in [0, 0.05) is 33.0 Å². The number of rotatable bonds is 10. The van der Waals surface area contributed by atoms with Gasteiger partial charge in [0.1, 0.15) is 12.4 Å². The fourth-order valence-corrected chi connectivity index (χ4v) is 2.90. The molecule has 0 saturated heterocycles. The second-order valence-electron chi connectivity index (χ2n) is 6.62. The van der Waals surface area contributed by atoms with Gasteiger partial charge in [-0.2, -0.15) is 0 Å². The van der Waals surface area contributed by atoms with E-state index in [1.165, 1.54) is 0 Å². The molecule has 0 atom stereocenters. The normalized spacial score (nSPS) is 10.9. The Kier molecular flexibility index (Phi) is 7.63. The summed E-state index contributed by atoms with van der Waals surface area (Å²) in [5.41, 5.74) is 1.84. The Morgan fingerprint density at radius 2 is 1.96 bits per heavy atom. The van der Waals surface area contributed by atoms with Crippen LogP contribution in [0, 0.1) is 0 Å². The van der Waals surface area contributed by atoms with Crippen molar-refractivity contribution in [3.63, 3.8) is 0 Å². The maximum Gasteiger partial charge on any atom is 0.242 e. The van der Waals surface area contributed by atoms with Crippen molar-refractivity contribution < 1.29 is 9.59 Å². The number of hydrogen-bond donors (Lipinski definition) is 1. The third-order valence-electron chi connectivity index (χ3n) is 4.45. The van der Waals surface area contributed by atoms with Gasteiger partial charge in [-0.05, 0) is 25.0 Å². The third kappa shape index (κ3) is 5.31. The Morgan fingerprint density at radius 3 is 2.69 bits per heavy atom. The number of benzene rings is 1. The van der Waals surface area contributed by atoms with E-state index >= 15 is 0 Å². The van der Waals surface area contributed by atoms with Gasteiger partial charge in [-0.15, -0.1) is 0 Å². The predicted octanol–water partition coefficient (Wildman–Crippen LogP) is 2.75. The second kappa shape index (κ2) is 9.94. The van der Waals surface area contributed by atoms with Crippen LogP contribution in [-0.4, -0.2) is 46.4 Å². The predicted molar refractivity (Wildman–Crippen MR) is 104 cm³/mol. The van der Waals surface area contributed by atoms with Crippen LogP contribution in [0.4, 0.5) is 0 Å². The summed E-state index contributed by atoms with van der Waals surface area (Å²) in [6, 6.07) is 7.84. The Hall–Kier alpha value is -2.37. The summed E-state index contributed by atoms with van der Waals surface area (Å²) < 4.78 is 1.98. The van der Waals surface area contributed by atoms with E-state index < -0.39 is 0 Å². The van der Waals surface area contributed by atoms with Crippen LogP contribution in [0.2, 0.25) is 0 Å². The monoisotopic (exact) mass is 358 g/mol. The number of likely N-dealkylation sites (N-methyl/N-ethyl adjacent to an activating group) is 1. The van der Waals surface area contributed by atoms with Gasteiger partial charge in [0.2, 0.25) is 11.8 Å². The zero-order chi connectivity index (χ0) is 18.9. The molecule has 2 aromatic rings. The number of nitrogens with one attached hydrogen (secondary N) is 1. The lowest BCUT2D eigenvalue weighted by molar-refractivity contribution is -0.130. The molecular weight excluding hydrogens is 328 g/mol. The number of aromatic nitrogens is 2. The molecule has 0 aliphatic rings. The lowest BCUT2D eigenvalue weighted by Gasteiger charge is -2.18. The van der Waals surface area contributed by atoms with Crippen LogP contribution in [-0.2, 0) is 22.6 Å². The average molecular weight is 358 g/mol. The summed E-state index contributed by atoms with van der Waals surface area (Å²) in [5.74, 6) is 0.976. The van der Waals surface area contributed by atoms with E-state index in [-0.39, 0.29) is 18.4 Å². The zero-order valence-electron chi connectivity index (χ0n) is 16.1. The van der Waals surface area contributed by atoms with Crippen LogP contribution in [0.5, 0.6) is 0 Å². The van der Waals surface area contributed by atoms with Crippen molar-refractivity contribution in [2.75, 3.05) is 20.1 Å². The van der Waals surface area contributed by atoms with Crippen molar-refractivity contribution in [3.8, 4) is 0 Å². The van der Waals surface area contributed by atoms with Gasteiger partial charge in [-0.1, -0.05) is 32.4 Å². The second-order valence-corrected chi connectivity index (χ2v) is 6.62. The molecule has 1 aromatic heterocycles. The first-order valence-electron chi connectivity index (χ1n) is 9.51. The molecular formula is C20H30N4O2. The third-order valence-corrected chi connectivity index (χ3v) is 4.45. The summed E-state index contributed by atoms with van der Waals surface area (Å²) in [7, 11) is 1.85. The lowest BCUT2D eigenvalue weighted by Crippen LogP contribution is -2.32. The van der Waals surface area contributed by atoms with Gasteiger partial charge < -0.3 is 14.8 Å². The summed E-state index contributed by atoms with van der Waals surface area (Å²) in [6.07, 6.45) is 4.05. The first kappa shape index (κ1) is 19.9. The summed E-state index contributed by atoms with van der Waals surface area (Å²) in [5, 5.41) is 2.92. The highest BCUT2D eigenvalue weighted by Gasteiger charge is 2.16. The van der Waals surface area contributed by atoms with Gasteiger partial charge in [0.25, 0.3) is 0 Å². The lowest BCUT2D eigenvalue weighted by atomic mass is 10.3. The van der Waals surface area contributed by atoms with Crippen LogP contribution in [0.3, 0.4) is 0 Å². The highest BCUT2D eigenvalue weighted by molar-refractivity contribution is 5.81. The molecule has 0 spiro atoms. The van der Waals surface area contributed by atoms with E-state index in [2.05, 4.69) is 17.2 Å². The molecule has 1 aromatic carbocycles. The molecule has 0 bridgehead atoms. The fourth-order valence-electron chi connectivity index (χ4n) is 2.90. The van der Waals surface area contributed by atoms with E-state index in [9.17, 15) is 9.59 Å². The topological polar surface area (TPSA) is 67.2 Å². The first-order chi connectivity index (χ1) is 12.6.